The molecule has 0 aliphatic carbocycles. The van der Waals surface area contributed by atoms with E-state index in [-0.39, 0.29) is 12.0 Å². The number of ether oxygens (including phenoxy) is 2. The summed E-state index contributed by atoms with van der Waals surface area (Å²) in [5.41, 5.74) is 2.65. The van der Waals surface area contributed by atoms with Crippen LogP contribution in [0.15, 0.2) is 35.5 Å². The molecule has 0 radical (unpaired) electrons. The molecule has 1 amide bonds. The molecule has 1 aromatic heterocycles. The zero-order chi connectivity index (χ0) is 17.8. The van der Waals surface area contributed by atoms with Crippen LogP contribution in [0.25, 0.3) is 0 Å². The van der Waals surface area contributed by atoms with Gasteiger partial charge in [0.05, 0.1) is 12.2 Å². The van der Waals surface area contributed by atoms with Gasteiger partial charge in [0.15, 0.2) is 0 Å². The van der Waals surface area contributed by atoms with Crippen LogP contribution in [0.3, 0.4) is 0 Å². The van der Waals surface area contributed by atoms with Crippen molar-refractivity contribution in [2.45, 2.75) is 37.9 Å². The second-order valence-corrected chi connectivity index (χ2v) is 6.67. The number of aromatic nitrogens is 1. The van der Waals surface area contributed by atoms with Crippen molar-refractivity contribution in [1.82, 2.24) is 10.3 Å². The number of nitrogens with one attached hydrogen (secondary N) is 1. The van der Waals surface area contributed by atoms with Crippen LogP contribution in [0, 0.1) is 0 Å². The molecule has 132 valence electrons. The summed E-state index contributed by atoms with van der Waals surface area (Å²) in [4.78, 5) is 16.7. The minimum Gasteiger partial charge on any atom is -0.494 e. The van der Waals surface area contributed by atoms with Crippen LogP contribution in [-0.4, -0.2) is 29.9 Å². The van der Waals surface area contributed by atoms with E-state index in [9.17, 15) is 4.79 Å². The molecule has 25 heavy (non-hydrogen) atoms. The minimum atomic E-state index is -0.144. The molecule has 6 heteroatoms. The molecule has 1 atom stereocenters. The van der Waals surface area contributed by atoms with Crippen molar-refractivity contribution in [2.75, 3.05) is 12.9 Å². The van der Waals surface area contributed by atoms with E-state index in [0.29, 0.717) is 18.7 Å². The van der Waals surface area contributed by atoms with Gasteiger partial charge in [-0.2, -0.15) is 0 Å². The summed E-state index contributed by atoms with van der Waals surface area (Å²) in [7, 11) is 0. The first-order valence-electron chi connectivity index (χ1n) is 8.34. The molecular weight excluding hydrogens is 336 g/mol. The van der Waals surface area contributed by atoms with Gasteiger partial charge < -0.3 is 14.8 Å². The first-order valence-corrected chi connectivity index (χ1v) is 9.57. The average Bonchev–Trinajstić information content (AvgIpc) is 2.98. The van der Waals surface area contributed by atoms with Crippen LogP contribution in [0.2, 0.25) is 0 Å². The van der Waals surface area contributed by atoms with Crippen LogP contribution in [0.1, 0.15) is 35.3 Å². The Morgan fingerprint density at radius 1 is 1.48 bits per heavy atom. The maximum absolute atomic E-state index is 12.5. The molecule has 3 rings (SSSR count). The van der Waals surface area contributed by atoms with E-state index in [2.05, 4.69) is 10.3 Å². The van der Waals surface area contributed by atoms with Crippen molar-refractivity contribution in [3.8, 4) is 11.5 Å². The fourth-order valence-corrected chi connectivity index (χ4v) is 3.45. The number of amides is 1. The molecule has 0 saturated heterocycles. The molecule has 0 fully saturated rings. The molecule has 2 aromatic rings. The van der Waals surface area contributed by atoms with Crippen LogP contribution >= 0.6 is 11.8 Å². The van der Waals surface area contributed by atoms with E-state index in [4.69, 9.17) is 9.47 Å². The highest BCUT2D eigenvalue weighted by molar-refractivity contribution is 7.98. The highest BCUT2D eigenvalue weighted by Crippen LogP contribution is 2.35. The number of thioether (sulfide) groups is 1. The zero-order valence-corrected chi connectivity index (χ0v) is 15.5. The van der Waals surface area contributed by atoms with E-state index >= 15 is 0 Å². The van der Waals surface area contributed by atoms with Crippen molar-refractivity contribution in [1.29, 1.82) is 0 Å². The molecule has 1 aliphatic heterocycles. The van der Waals surface area contributed by atoms with Gasteiger partial charge in [0.25, 0.3) is 5.91 Å². The molecule has 1 aromatic carbocycles. The van der Waals surface area contributed by atoms with Gasteiger partial charge in [0.1, 0.15) is 22.6 Å². The largest absolute Gasteiger partial charge is 0.494 e. The van der Waals surface area contributed by atoms with Crippen LogP contribution in [0.5, 0.6) is 11.5 Å². The smallest absolute Gasteiger partial charge is 0.254 e. The van der Waals surface area contributed by atoms with Gasteiger partial charge in [-0.3, -0.25) is 4.79 Å². The molecular formula is C19H22N2O3S. The zero-order valence-electron chi connectivity index (χ0n) is 14.7. The third-order valence-electron chi connectivity index (χ3n) is 4.03. The van der Waals surface area contributed by atoms with Gasteiger partial charge in [0.2, 0.25) is 0 Å². The average molecular weight is 358 g/mol. The summed E-state index contributed by atoms with van der Waals surface area (Å²) in [5, 5.41) is 3.68. The number of pyridine rings is 1. The van der Waals surface area contributed by atoms with Crippen LogP contribution in [-0.2, 0) is 13.0 Å². The van der Waals surface area contributed by atoms with Gasteiger partial charge in [-0.1, -0.05) is 0 Å². The highest BCUT2D eigenvalue weighted by Gasteiger charge is 2.22. The summed E-state index contributed by atoms with van der Waals surface area (Å²) in [6.45, 7) is 4.96. The first-order chi connectivity index (χ1) is 12.1. The van der Waals surface area contributed by atoms with Crippen molar-refractivity contribution in [3.63, 3.8) is 0 Å². The lowest BCUT2D eigenvalue weighted by Crippen LogP contribution is -2.24. The third-order valence-corrected chi connectivity index (χ3v) is 4.74. The maximum atomic E-state index is 12.5. The Bertz CT molecular complexity index is 779. The summed E-state index contributed by atoms with van der Waals surface area (Å²) in [5.74, 6) is 1.54. The molecule has 1 N–H and O–H groups in total. The SMILES string of the molecule is CCOc1cc2c(cc1CNC(=O)c1cccnc1SC)O[C@H](C)C2. The molecule has 0 saturated carbocycles. The van der Waals surface area contributed by atoms with E-state index in [1.807, 2.05) is 32.2 Å². The second-order valence-electron chi connectivity index (χ2n) is 5.88. The lowest BCUT2D eigenvalue weighted by atomic mass is 10.1. The number of carbonyl (C=O) groups excluding carboxylic acids is 1. The van der Waals surface area contributed by atoms with Gasteiger partial charge in [-0.05, 0) is 44.4 Å². The molecule has 2 heterocycles. The summed E-state index contributed by atoms with van der Waals surface area (Å²) >= 11 is 1.46. The van der Waals surface area contributed by atoms with Gasteiger partial charge in [-0.15, -0.1) is 11.8 Å². The fraction of sp³-hybridized carbons (Fsp3) is 0.368. The van der Waals surface area contributed by atoms with Crippen molar-refractivity contribution in [3.05, 3.63) is 47.2 Å². The van der Waals surface area contributed by atoms with Crippen LogP contribution in [0.4, 0.5) is 0 Å². The number of benzene rings is 1. The Morgan fingerprint density at radius 3 is 3.08 bits per heavy atom. The van der Waals surface area contributed by atoms with Crippen molar-refractivity contribution >= 4 is 17.7 Å². The molecule has 0 spiro atoms. The standard InChI is InChI=1S/C19H22N2O3S/c1-4-23-16-9-13-8-12(2)24-17(13)10-14(16)11-21-18(22)15-6-5-7-20-19(15)25-3/h5-7,9-10,12H,4,8,11H2,1-3H3,(H,21,22)/t12-/m1/s1. The molecule has 0 bridgehead atoms. The Hall–Kier alpha value is -2.21. The van der Waals surface area contributed by atoms with E-state index < -0.39 is 0 Å². The lowest BCUT2D eigenvalue weighted by molar-refractivity contribution is 0.0947. The number of hydrogen-bond donors (Lipinski definition) is 1. The number of fused-ring (bicyclic) bond motifs is 1. The van der Waals surface area contributed by atoms with Crippen molar-refractivity contribution in [2.24, 2.45) is 0 Å². The van der Waals surface area contributed by atoms with Gasteiger partial charge in [0, 0.05) is 30.3 Å². The fourth-order valence-electron chi connectivity index (χ4n) is 2.91. The molecule has 5 nitrogen and oxygen atoms in total. The third kappa shape index (κ3) is 3.90. The quantitative estimate of drug-likeness (QED) is 0.802. The molecule has 0 unspecified atom stereocenters. The number of nitrogens with zero attached hydrogens (tertiary/aromatic N) is 1. The minimum absolute atomic E-state index is 0.144. The van der Waals surface area contributed by atoms with E-state index in [0.717, 1.165) is 34.1 Å². The Morgan fingerprint density at radius 2 is 2.32 bits per heavy atom. The van der Waals surface area contributed by atoms with Gasteiger partial charge in [-0.25, -0.2) is 4.98 Å². The number of rotatable bonds is 6. The predicted octanol–water partition coefficient (Wildman–Crippen LogP) is 3.46. The normalized spacial score (nSPS) is 15.4. The number of hydrogen-bond acceptors (Lipinski definition) is 5. The molecule has 1 aliphatic rings. The summed E-state index contributed by atoms with van der Waals surface area (Å²) in [6, 6.07) is 7.56. The first kappa shape index (κ1) is 17.6. The Labute approximate surface area is 152 Å². The summed E-state index contributed by atoms with van der Waals surface area (Å²) < 4.78 is 11.6. The summed E-state index contributed by atoms with van der Waals surface area (Å²) in [6.07, 6.45) is 4.66. The maximum Gasteiger partial charge on any atom is 0.254 e. The van der Waals surface area contributed by atoms with Crippen LogP contribution < -0.4 is 14.8 Å². The van der Waals surface area contributed by atoms with Gasteiger partial charge >= 0.3 is 0 Å². The topological polar surface area (TPSA) is 60.5 Å². The Kier molecular flexibility index (Phi) is 5.48. The van der Waals surface area contributed by atoms with E-state index in [1.54, 1.807) is 18.3 Å². The van der Waals surface area contributed by atoms with E-state index in [1.165, 1.54) is 11.8 Å². The lowest BCUT2D eigenvalue weighted by Gasteiger charge is -2.14. The monoisotopic (exact) mass is 358 g/mol. The Balaban J connectivity index is 1.78. The second kappa shape index (κ2) is 7.78. The predicted molar refractivity (Wildman–Crippen MR) is 98.6 cm³/mol. The number of carbonyl (C=O) groups is 1. The highest BCUT2D eigenvalue weighted by atomic mass is 32.2. The van der Waals surface area contributed by atoms with Crippen molar-refractivity contribution < 1.29 is 14.3 Å².